The molecule has 0 unspecified atom stereocenters. The first-order valence-electron chi connectivity index (χ1n) is 9.33. The van der Waals surface area contributed by atoms with E-state index in [9.17, 15) is 13.2 Å². The minimum absolute atomic E-state index is 0.0568. The van der Waals surface area contributed by atoms with Crippen molar-refractivity contribution in [2.24, 2.45) is 5.14 Å². The first-order valence-corrected chi connectivity index (χ1v) is 10.9. The maximum absolute atomic E-state index is 12.1. The summed E-state index contributed by atoms with van der Waals surface area (Å²) in [5, 5.41) is 14.5. The summed E-state index contributed by atoms with van der Waals surface area (Å²) in [6.07, 6.45) is 0.548. The van der Waals surface area contributed by atoms with Crippen LogP contribution in [0.2, 0.25) is 0 Å². The fraction of sp³-hybridized carbons (Fsp3) is 0.250. The number of nitrogens with zero attached hydrogens (tertiary/aromatic N) is 2. The van der Waals surface area contributed by atoms with Gasteiger partial charge in [-0.1, -0.05) is 31.1 Å². The van der Waals surface area contributed by atoms with E-state index in [0.717, 1.165) is 11.1 Å². The summed E-state index contributed by atoms with van der Waals surface area (Å²) in [6, 6.07) is 13.0. The molecule has 0 spiro atoms. The molecule has 2 amide bonds. The summed E-state index contributed by atoms with van der Waals surface area (Å²) in [6.45, 7) is 4.36. The van der Waals surface area contributed by atoms with Crippen molar-refractivity contribution < 1.29 is 17.7 Å². The number of primary sulfonamides is 1. The van der Waals surface area contributed by atoms with Gasteiger partial charge in [0, 0.05) is 23.7 Å². The zero-order valence-corrected chi connectivity index (χ0v) is 17.4. The molecule has 9 nitrogen and oxygen atoms in total. The number of hydrogen-bond donors (Lipinski definition) is 3. The monoisotopic (exact) mass is 429 g/mol. The molecule has 3 aromatic rings. The van der Waals surface area contributed by atoms with E-state index in [-0.39, 0.29) is 16.8 Å². The van der Waals surface area contributed by atoms with Gasteiger partial charge < -0.3 is 15.2 Å². The normalized spacial score (nSPS) is 11.5. The number of nitrogens with two attached hydrogens (primary N) is 1. The van der Waals surface area contributed by atoms with Gasteiger partial charge in [0.05, 0.1) is 4.90 Å². The first kappa shape index (κ1) is 21.5. The molecular formula is C20H23N5O4S. The van der Waals surface area contributed by atoms with Gasteiger partial charge in [0.1, 0.15) is 0 Å². The highest BCUT2D eigenvalue weighted by Crippen LogP contribution is 2.21. The van der Waals surface area contributed by atoms with Crippen molar-refractivity contribution in [3.05, 3.63) is 59.9 Å². The number of rotatable bonds is 7. The molecule has 0 saturated heterocycles. The lowest BCUT2D eigenvalue weighted by Crippen LogP contribution is -2.30. The number of benzene rings is 2. The van der Waals surface area contributed by atoms with Gasteiger partial charge in [-0.15, -0.1) is 0 Å². The highest BCUT2D eigenvalue weighted by molar-refractivity contribution is 7.89. The van der Waals surface area contributed by atoms with E-state index in [1.54, 1.807) is 36.4 Å². The average molecular weight is 430 g/mol. The Labute approximate surface area is 174 Å². The predicted molar refractivity (Wildman–Crippen MR) is 112 cm³/mol. The van der Waals surface area contributed by atoms with E-state index in [1.807, 2.05) is 13.8 Å². The van der Waals surface area contributed by atoms with Gasteiger partial charge in [-0.2, -0.15) is 4.98 Å². The number of hydrogen-bond acceptors (Lipinski definition) is 6. The van der Waals surface area contributed by atoms with E-state index >= 15 is 0 Å². The van der Waals surface area contributed by atoms with Crippen LogP contribution < -0.4 is 15.8 Å². The summed E-state index contributed by atoms with van der Waals surface area (Å²) in [5.74, 6) is 1.26. The maximum atomic E-state index is 12.1. The number of carbonyl (C=O) groups excluding carboxylic acids is 1. The van der Waals surface area contributed by atoms with Gasteiger partial charge in [0.2, 0.25) is 10.0 Å². The molecule has 1 heterocycles. The third kappa shape index (κ3) is 5.65. The maximum Gasteiger partial charge on any atom is 0.319 e. The van der Waals surface area contributed by atoms with E-state index in [1.165, 1.54) is 12.1 Å². The Morgan fingerprint density at radius 3 is 2.33 bits per heavy atom. The van der Waals surface area contributed by atoms with Gasteiger partial charge in [-0.25, -0.2) is 18.4 Å². The summed E-state index contributed by atoms with van der Waals surface area (Å²) >= 11 is 0. The van der Waals surface area contributed by atoms with E-state index in [4.69, 9.17) is 9.66 Å². The van der Waals surface area contributed by atoms with Gasteiger partial charge in [0.15, 0.2) is 5.82 Å². The minimum atomic E-state index is -3.70. The SMILES string of the molecule is CC(C)c1noc(-c2ccc(NC(=O)NCCc3ccc(S(N)(=O)=O)cc3)cc2)n1. The van der Waals surface area contributed by atoms with Crippen LogP contribution in [0.15, 0.2) is 57.9 Å². The lowest BCUT2D eigenvalue weighted by molar-refractivity contribution is 0.252. The Balaban J connectivity index is 1.49. The van der Waals surface area contributed by atoms with Crippen LogP contribution in [0, 0.1) is 0 Å². The molecule has 1 aromatic heterocycles. The highest BCUT2D eigenvalue weighted by Gasteiger charge is 2.12. The standard InChI is InChI=1S/C20H23N5O4S/c1-13(2)18-24-19(29-25-18)15-5-7-16(8-6-15)23-20(26)22-12-11-14-3-9-17(10-4-14)30(21,27)28/h3-10,13H,11-12H2,1-2H3,(H2,21,27,28)(H2,22,23,26). The quantitative estimate of drug-likeness (QED) is 0.527. The number of nitrogens with one attached hydrogen (secondary N) is 2. The van der Waals surface area contributed by atoms with Crippen LogP contribution in [0.25, 0.3) is 11.5 Å². The van der Waals surface area contributed by atoms with Crippen molar-refractivity contribution in [1.29, 1.82) is 0 Å². The number of sulfonamides is 1. The Morgan fingerprint density at radius 2 is 1.77 bits per heavy atom. The predicted octanol–water partition coefficient (Wildman–Crippen LogP) is 2.87. The van der Waals surface area contributed by atoms with Crippen LogP contribution in [0.4, 0.5) is 10.5 Å². The second-order valence-corrected chi connectivity index (χ2v) is 8.57. The Hall–Kier alpha value is -3.24. The number of carbonyl (C=O) groups is 1. The molecule has 0 atom stereocenters. The smallest absolute Gasteiger partial charge is 0.319 e. The number of urea groups is 1. The van der Waals surface area contributed by atoms with E-state index in [2.05, 4.69) is 20.8 Å². The van der Waals surface area contributed by atoms with Crippen molar-refractivity contribution in [1.82, 2.24) is 15.5 Å². The molecule has 158 valence electrons. The van der Waals surface area contributed by atoms with Crippen molar-refractivity contribution in [2.45, 2.75) is 31.1 Å². The average Bonchev–Trinajstić information content (AvgIpc) is 3.19. The second kappa shape index (κ2) is 9.06. The van der Waals surface area contributed by atoms with Gasteiger partial charge in [0.25, 0.3) is 5.89 Å². The van der Waals surface area contributed by atoms with Crippen LogP contribution in [-0.2, 0) is 16.4 Å². The summed E-state index contributed by atoms with van der Waals surface area (Å²) in [7, 11) is -3.70. The third-order valence-corrected chi connectivity index (χ3v) is 5.23. The molecule has 2 aromatic carbocycles. The van der Waals surface area contributed by atoms with Crippen molar-refractivity contribution in [3.63, 3.8) is 0 Å². The second-order valence-electron chi connectivity index (χ2n) is 7.01. The topological polar surface area (TPSA) is 140 Å². The molecule has 0 bridgehead atoms. The van der Waals surface area contributed by atoms with Crippen molar-refractivity contribution >= 4 is 21.7 Å². The lowest BCUT2D eigenvalue weighted by Gasteiger charge is -2.08. The number of anilines is 1. The van der Waals surface area contributed by atoms with Gasteiger partial charge >= 0.3 is 6.03 Å². The summed E-state index contributed by atoms with van der Waals surface area (Å²) < 4.78 is 27.8. The van der Waals surface area contributed by atoms with Crippen LogP contribution >= 0.6 is 0 Å². The molecule has 0 aliphatic heterocycles. The molecule has 0 saturated carbocycles. The molecule has 4 N–H and O–H groups in total. The van der Waals surface area contributed by atoms with Gasteiger partial charge in [-0.3, -0.25) is 0 Å². The van der Waals surface area contributed by atoms with Crippen LogP contribution in [0.5, 0.6) is 0 Å². The Kier molecular flexibility index (Phi) is 6.48. The number of amides is 2. The zero-order valence-electron chi connectivity index (χ0n) is 16.6. The van der Waals surface area contributed by atoms with Crippen molar-refractivity contribution in [2.75, 3.05) is 11.9 Å². The van der Waals surface area contributed by atoms with Gasteiger partial charge in [-0.05, 0) is 48.4 Å². The Morgan fingerprint density at radius 1 is 1.10 bits per heavy atom. The Bertz CT molecular complexity index is 1110. The zero-order chi connectivity index (χ0) is 21.7. The largest absolute Gasteiger partial charge is 0.338 e. The molecule has 0 aliphatic carbocycles. The molecular weight excluding hydrogens is 406 g/mol. The minimum Gasteiger partial charge on any atom is -0.338 e. The fourth-order valence-electron chi connectivity index (χ4n) is 2.62. The molecule has 30 heavy (non-hydrogen) atoms. The van der Waals surface area contributed by atoms with Crippen LogP contribution in [0.3, 0.4) is 0 Å². The number of aromatic nitrogens is 2. The molecule has 10 heteroatoms. The van der Waals surface area contributed by atoms with Crippen LogP contribution in [0.1, 0.15) is 31.2 Å². The van der Waals surface area contributed by atoms with E-state index in [0.29, 0.717) is 30.4 Å². The molecule has 0 fully saturated rings. The summed E-state index contributed by atoms with van der Waals surface area (Å²) in [4.78, 5) is 16.5. The van der Waals surface area contributed by atoms with E-state index < -0.39 is 10.0 Å². The molecule has 0 radical (unpaired) electrons. The highest BCUT2D eigenvalue weighted by atomic mass is 32.2. The van der Waals surface area contributed by atoms with Crippen LogP contribution in [-0.4, -0.2) is 31.1 Å². The van der Waals surface area contributed by atoms with Crippen molar-refractivity contribution in [3.8, 4) is 11.5 Å². The summed E-state index contributed by atoms with van der Waals surface area (Å²) in [5.41, 5.74) is 2.27. The molecule has 0 aliphatic rings. The third-order valence-electron chi connectivity index (χ3n) is 4.30. The molecule has 3 rings (SSSR count). The fourth-order valence-corrected chi connectivity index (χ4v) is 3.14. The first-order chi connectivity index (χ1) is 14.2. The lowest BCUT2D eigenvalue weighted by atomic mass is 10.1.